The standard InChI is InChI=1S/C23H21F3N2O5S/c24-23(25,26)21-15-18(11-12-27-21)33-17-8-5-16(6-9-17)7-10-20(29)19-3-1-13-28(19)34(30,31)22-4-2-14-32-22/h2,4-6,8-9,11-12,14-15,19H,1,3,7,10,13H2/t19-/m0/s1. The lowest BCUT2D eigenvalue weighted by atomic mass is 10.0. The Kier molecular flexibility index (Phi) is 6.76. The van der Waals surface area contributed by atoms with Gasteiger partial charge in [0.05, 0.1) is 12.3 Å². The predicted octanol–water partition coefficient (Wildman–Crippen LogP) is 4.84. The highest BCUT2D eigenvalue weighted by Crippen LogP contribution is 2.31. The van der Waals surface area contributed by atoms with Gasteiger partial charge in [0.25, 0.3) is 10.0 Å². The molecule has 1 aliphatic heterocycles. The molecule has 1 aromatic carbocycles. The van der Waals surface area contributed by atoms with Crippen molar-refractivity contribution in [3.63, 3.8) is 0 Å². The van der Waals surface area contributed by atoms with E-state index in [-0.39, 0.29) is 29.6 Å². The first-order valence-electron chi connectivity index (χ1n) is 10.5. The summed E-state index contributed by atoms with van der Waals surface area (Å²) < 4.78 is 75.6. The Hall–Kier alpha value is -3.18. The molecule has 1 saturated heterocycles. The number of carbonyl (C=O) groups excluding carboxylic acids is 1. The fraction of sp³-hybridized carbons (Fsp3) is 0.304. The summed E-state index contributed by atoms with van der Waals surface area (Å²) in [5.74, 6) is 0.162. The van der Waals surface area contributed by atoms with Crippen LogP contribution in [-0.2, 0) is 27.4 Å². The molecule has 0 spiro atoms. The molecule has 180 valence electrons. The van der Waals surface area contributed by atoms with Crippen LogP contribution >= 0.6 is 0 Å². The molecule has 34 heavy (non-hydrogen) atoms. The van der Waals surface area contributed by atoms with Crippen molar-refractivity contribution in [2.24, 2.45) is 0 Å². The van der Waals surface area contributed by atoms with Crippen molar-refractivity contribution in [2.45, 2.75) is 43.0 Å². The maximum atomic E-state index is 12.8. The summed E-state index contributed by atoms with van der Waals surface area (Å²) >= 11 is 0. The molecule has 0 saturated carbocycles. The minimum atomic E-state index is -4.57. The van der Waals surface area contributed by atoms with Crippen molar-refractivity contribution in [3.05, 3.63) is 72.2 Å². The van der Waals surface area contributed by atoms with Crippen LogP contribution in [0.2, 0.25) is 0 Å². The first-order valence-corrected chi connectivity index (χ1v) is 12.0. The van der Waals surface area contributed by atoms with E-state index >= 15 is 0 Å². The highest BCUT2D eigenvalue weighted by Gasteiger charge is 2.40. The number of aryl methyl sites for hydroxylation is 1. The zero-order valence-corrected chi connectivity index (χ0v) is 18.7. The number of aromatic nitrogens is 1. The van der Waals surface area contributed by atoms with Crippen LogP contribution in [0.25, 0.3) is 0 Å². The van der Waals surface area contributed by atoms with Gasteiger partial charge in [0.1, 0.15) is 17.2 Å². The molecule has 3 aromatic rings. The monoisotopic (exact) mass is 494 g/mol. The number of Topliss-reactive ketones (excluding diaryl/α,β-unsaturated/α-hetero) is 1. The van der Waals surface area contributed by atoms with E-state index in [1.165, 1.54) is 28.8 Å². The van der Waals surface area contributed by atoms with Gasteiger partial charge in [-0.2, -0.15) is 17.5 Å². The van der Waals surface area contributed by atoms with E-state index in [0.29, 0.717) is 25.0 Å². The fourth-order valence-electron chi connectivity index (χ4n) is 3.80. The Morgan fingerprint density at radius 3 is 2.59 bits per heavy atom. The number of sulfonamides is 1. The maximum absolute atomic E-state index is 12.8. The van der Waals surface area contributed by atoms with Gasteiger partial charge in [-0.15, -0.1) is 0 Å². The van der Waals surface area contributed by atoms with Crippen LogP contribution in [0.4, 0.5) is 13.2 Å². The molecular weight excluding hydrogens is 473 g/mol. The molecule has 1 aliphatic rings. The molecule has 7 nitrogen and oxygen atoms in total. The molecule has 11 heteroatoms. The molecule has 1 atom stereocenters. The molecule has 0 N–H and O–H groups in total. The van der Waals surface area contributed by atoms with E-state index in [0.717, 1.165) is 17.8 Å². The number of benzene rings is 1. The van der Waals surface area contributed by atoms with E-state index in [4.69, 9.17) is 9.15 Å². The van der Waals surface area contributed by atoms with Crippen LogP contribution in [0.5, 0.6) is 11.5 Å². The van der Waals surface area contributed by atoms with Crippen molar-refractivity contribution >= 4 is 15.8 Å². The van der Waals surface area contributed by atoms with E-state index in [2.05, 4.69) is 4.98 Å². The quantitative estimate of drug-likeness (QED) is 0.445. The van der Waals surface area contributed by atoms with E-state index < -0.39 is 27.9 Å². The highest BCUT2D eigenvalue weighted by atomic mass is 32.2. The number of halogens is 3. The molecule has 0 bridgehead atoms. The van der Waals surface area contributed by atoms with Crippen molar-refractivity contribution in [1.82, 2.24) is 9.29 Å². The zero-order valence-electron chi connectivity index (χ0n) is 17.9. The third kappa shape index (κ3) is 5.31. The predicted molar refractivity (Wildman–Crippen MR) is 115 cm³/mol. The average molecular weight is 494 g/mol. The van der Waals surface area contributed by atoms with E-state index in [1.807, 2.05) is 0 Å². The molecule has 0 radical (unpaired) electrons. The number of hydrogen-bond donors (Lipinski definition) is 0. The molecular formula is C23H21F3N2O5S. The number of pyridine rings is 1. The molecule has 2 aromatic heterocycles. The third-order valence-corrected chi connectivity index (χ3v) is 7.27. The second-order valence-corrected chi connectivity index (χ2v) is 9.61. The van der Waals surface area contributed by atoms with Crippen LogP contribution in [0.3, 0.4) is 0 Å². The summed E-state index contributed by atoms with van der Waals surface area (Å²) in [7, 11) is -3.87. The SMILES string of the molecule is O=C(CCc1ccc(Oc2ccnc(C(F)(F)F)c2)cc1)[C@@H]1CCCN1S(=O)(=O)c1ccco1. The Labute approximate surface area is 194 Å². The number of ketones is 1. The summed E-state index contributed by atoms with van der Waals surface area (Å²) in [6.45, 7) is 0.260. The summed E-state index contributed by atoms with van der Waals surface area (Å²) in [4.78, 5) is 16.1. The number of alkyl halides is 3. The Bertz CT molecular complexity index is 1240. The van der Waals surface area contributed by atoms with Crippen LogP contribution in [0.15, 0.2) is 70.5 Å². The largest absolute Gasteiger partial charge is 0.457 e. The molecule has 3 heterocycles. The highest BCUT2D eigenvalue weighted by molar-refractivity contribution is 7.89. The molecule has 4 rings (SSSR count). The smallest absolute Gasteiger partial charge is 0.433 e. The van der Waals surface area contributed by atoms with Gasteiger partial charge in [-0.3, -0.25) is 9.78 Å². The minimum absolute atomic E-state index is 0.00402. The molecule has 1 fully saturated rings. The van der Waals surface area contributed by atoms with Gasteiger partial charge in [-0.25, -0.2) is 8.42 Å². The number of hydrogen-bond acceptors (Lipinski definition) is 6. The summed E-state index contributed by atoms with van der Waals surface area (Å²) in [5.41, 5.74) is -0.236. The van der Waals surface area contributed by atoms with Gasteiger partial charge < -0.3 is 9.15 Å². The minimum Gasteiger partial charge on any atom is -0.457 e. The number of rotatable bonds is 8. The van der Waals surface area contributed by atoms with Crippen LogP contribution in [0.1, 0.15) is 30.5 Å². The van der Waals surface area contributed by atoms with E-state index in [1.54, 1.807) is 24.3 Å². The second-order valence-electron chi connectivity index (χ2n) is 7.79. The lowest BCUT2D eigenvalue weighted by Crippen LogP contribution is -2.40. The van der Waals surface area contributed by atoms with Gasteiger partial charge in [0.2, 0.25) is 5.09 Å². The zero-order chi connectivity index (χ0) is 24.3. The average Bonchev–Trinajstić information content (AvgIpc) is 3.51. The van der Waals surface area contributed by atoms with Gasteiger partial charge in [0, 0.05) is 25.2 Å². The first-order chi connectivity index (χ1) is 16.1. The third-order valence-electron chi connectivity index (χ3n) is 5.47. The summed E-state index contributed by atoms with van der Waals surface area (Å²) in [6, 6.07) is 10.9. The van der Waals surface area contributed by atoms with Crippen molar-refractivity contribution in [2.75, 3.05) is 6.54 Å². The Balaban J connectivity index is 1.36. The van der Waals surface area contributed by atoms with Crippen molar-refractivity contribution in [1.29, 1.82) is 0 Å². The van der Waals surface area contributed by atoms with Crippen molar-refractivity contribution in [3.8, 4) is 11.5 Å². The lowest BCUT2D eigenvalue weighted by Gasteiger charge is -2.21. The topological polar surface area (TPSA) is 89.7 Å². The number of ether oxygens (including phenoxy) is 1. The van der Waals surface area contributed by atoms with Crippen LogP contribution in [0, 0.1) is 0 Å². The van der Waals surface area contributed by atoms with Gasteiger partial charge in [0.15, 0.2) is 5.78 Å². The number of carbonyl (C=O) groups is 1. The van der Waals surface area contributed by atoms with Gasteiger partial charge >= 0.3 is 6.18 Å². The van der Waals surface area contributed by atoms with Crippen LogP contribution in [-0.4, -0.2) is 36.1 Å². The van der Waals surface area contributed by atoms with E-state index in [9.17, 15) is 26.4 Å². The number of nitrogens with zero attached hydrogens (tertiary/aromatic N) is 2. The van der Waals surface area contributed by atoms with Crippen LogP contribution < -0.4 is 4.74 Å². The summed E-state index contributed by atoms with van der Waals surface area (Å²) in [6.07, 6.45) is -0.688. The molecule has 0 unspecified atom stereocenters. The first kappa shape index (κ1) is 24.0. The number of furan rings is 1. The lowest BCUT2D eigenvalue weighted by molar-refractivity contribution is -0.141. The molecule has 0 amide bonds. The van der Waals surface area contributed by atoms with Gasteiger partial charge in [-0.1, -0.05) is 12.1 Å². The maximum Gasteiger partial charge on any atom is 0.433 e. The normalized spacial score (nSPS) is 17.1. The Morgan fingerprint density at radius 2 is 1.91 bits per heavy atom. The van der Waals surface area contributed by atoms with Crippen molar-refractivity contribution < 1.29 is 35.5 Å². The Morgan fingerprint density at radius 1 is 1.15 bits per heavy atom. The second kappa shape index (κ2) is 9.59. The molecule has 0 aliphatic carbocycles. The summed E-state index contributed by atoms with van der Waals surface area (Å²) in [5, 5.41) is -0.181. The fourth-order valence-corrected chi connectivity index (χ4v) is 5.39. The van der Waals surface area contributed by atoms with Gasteiger partial charge in [-0.05, 0) is 55.2 Å².